The van der Waals surface area contributed by atoms with Crippen molar-refractivity contribution in [3.63, 3.8) is 0 Å². The Bertz CT molecular complexity index is 1390. The maximum Gasteiger partial charge on any atom is 0.262 e. The van der Waals surface area contributed by atoms with E-state index in [0.717, 1.165) is 29.1 Å². The molecular weight excluding hydrogens is 442 g/mol. The molecule has 1 fully saturated rings. The lowest BCUT2D eigenvalue weighted by Crippen LogP contribution is -2.50. The molecule has 1 aliphatic carbocycles. The smallest absolute Gasteiger partial charge is 0.262 e. The molecule has 6 rings (SSSR count). The topological polar surface area (TPSA) is 121 Å². The van der Waals surface area contributed by atoms with Gasteiger partial charge in [-0.1, -0.05) is 13.8 Å². The summed E-state index contributed by atoms with van der Waals surface area (Å²) in [6.45, 7) is 5.24. The summed E-state index contributed by atoms with van der Waals surface area (Å²) in [6.07, 6.45) is 5.19. The van der Waals surface area contributed by atoms with Crippen LogP contribution in [-0.4, -0.2) is 52.7 Å². The van der Waals surface area contributed by atoms with E-state index in [0.29, 0.717) is 44.5 Å². The molecule has 5 heterocycles. The van der Waals surface area contributed by atoms with Crippen LogP contribution >= 0.6 is 0 Å². The lowest BCUT2D eigenvalue weighted by Gasteiger charge is -2.48. The van der Waals surface area contributed by atoms with Gasteiger partial charge < -0.3 is 5.32 Å². The molecule has 1 spiro atoms. The van der Waals surface area contributed by atoms with E-state index < -0.39 is 15.4 Å². The van der Waals surface area contributed by atoms with Crippen molar-refractivity contribution in [3.8, 4) is 0 Å². The third kappa shape index (κ3) is 2.95. The molecule has 2 aromatic heterocycles. The molecule has 172 valence electrons. The highest BCUT2D eigenvalue weighted by molar-refractivity contribution is 7.89. The maximum atomic E-state index is 13.5. The third-order valence-electron chi connectivity index (χ3n) is 7.31. The van der Waals surface area contributed by atoms with E-state index in [1.165, 1.54) is 15.0 Å². The minimum absolute atomic E-state index is 0.0560. The number of hydrogen-bond acceptors (Lipinski definition) is 8. The summed E-state index contributed by atoms with van der Waals surface area (Å²) >= 11 is 0. The molecule has 1 saturated heterocycles. The molecule has 0 aromatic carbocycles. The van der Waals surface area contributed by atoms with Crippen molar-refractivity contribution >= 4 is 21.5 Å². The Hall–Kier alpha value is -2.92. The van der Waals surface area contributed by atoms with Crippen LogP contribution in [0.15, 0.2) is 62.4 Å². The molecule has 3 aliphatic heterocycles. The quantitative estimate of drug-likeness (QED) is 0.724. The van der Waals surface area contributed by atoms with Gasteiger partial charge >= 0.3 is 0 Å². The van der Waals surface area contributed by atoms with Gasteiger partial charge in [0.1, 0.15) is 0 Å². The summed E-state index contributed by atoms with van der Waals surface area (Å²) in [5.41, 5.74) is 2.61. The van der Waals surface area contributed by atoms with Gasteiger partial charge in [0.05, 0.1) is 12.7 Å². The molecule has 10 nitrogen and oxygen atoms in total. The van der Waals surface area contributed by atoms with E-state index in [2.05, 4.69) is 39.5 Å². The number of ketones is 1. The number of carbonyl (C=O) groups excluding carboxylic acids is 1. The first-order valence-corrected chi connectivity index (χ1v) is 12.6. The van der Waals surface area contributed by atoms with Gasteiger partial charge in [-0.25, -0.2) is 17.9 Å². The minimum Gasteiger partial charge on any atom is -0.342 e. The summed E-state index contributed by atoms with van der Waals surface area (Å²) in [5, 5.41) is 16.2. The lowest BCUT2D eigenvalue weighted by atomic mass is 9.60. The summed E-state index contributed by atoms with van der Waals surface area (Å²) in [7, 11) is -3.79. The Morgan fingerprint density at radius 3 is 2.73 bits per heavy atom. The van der Waals surface area contributed by atoms with E-state index in [1.807, 2.05) is 0 Å². The van der Waals surface area contributed by atoms with Crippen LogP contribution in [0.4, 0.5) is 0 Å². The Morgan fingerprint density at radius 2 is 1.94 bits per heavy atom. The molecular formula is C22H25N7O3S. The van der Waals surface area contributed by atoms with Crippen molar-refractivity contribution in [1.82, 2.24) is 24.2 Å². The fourth-order valence-corrected chi connectivity index (χ4v) is 7.32. The second-order valence-electron chi connectivity index (χ2n) is 10.0. The van der Waals surface area contributed by atoms with E-state index >= 15 is 0 Å². The first-order chi connectivity index (χ1) is 15.7. The summed E-state index contributed by atoms with van der Waals surface area (Å²) in [4.78, 5) is 17.6. The number of nitrogens with one attached hydrogen (secondary N) is 1. The van der Waals surface area contributed by atoms with Gasteiger partial charge in [-0.2, -0.15) is 14.5 Å². The average Bonchev–Trinajstić information content (AvgIpc) is 3.40. The number of hydrogen-bond donors (Lipinski definition) is 1. The van der Waals surface area contributed by atoms with Crippen molar-refractivity contribution in [1.29, 1.82) is 0 Å². The van der Waals surface area contributed by atoms with E-state index in [-0.39, 0.29) is 16.2 Å². The predicted octanol–water partition coefficient (Wildman–Crippen LogP) is 2.42. The molecule has 0 atom stereocenters. The minimum atomic E-state index is -3.79. The highest BCUT2D eigenvalue weighted by Gasteiger charge is 2.53. The van der Waals surface area contributed by atoms with Gasteiger partial charge in [0.2, 0.25) is 0 Å². The zero-order valence-electron chi connectivity index (χ0n) is 18.6. The first kappa shape index (κ1) is 20.7. The Labute approximate surface area is 191 Å². The number of fused-ring (bicyclic) bond motifs is 3. The number of imidazole rings is 1. The van der Waals surface area contributed by atoms with Crippen LogP contribution in [0.1, 0.15) is 39.5 Å². The van der Waals surface area contributed by atoms with Crippen LogP contribution in [0.2, 0.25) is 0 Å². The zero-order chi connectivity index (χ0) is 23.0. The van der Waals surface area contributed by atoms with Crippen LogP contribution in [0.3, 0.4) is 0 Å². The highest BCUT2D eigenvalue weighted by atomic mass is 32.2. The largest absolute Gasteiger partial charge is 0.342 e. The normalized spacial score (nSPS) is 24.4. The molecule has 2 aromatic rings. The molecule has 11 heteroatoms. The average molecular weight is 468 g/mol. The fraction of sp³-hybridized carbons (Fsp3) is 0.500. The monoisotopic (exact) mass is 467 g/mol. The number of aromatic nitrogens is 3. The maximum absolute atomic E-state index is 13.5. The van der Waals surface area contributed by atoms with Crippen LogP contribution in [0, 0.1) is 10.8 Å². The molecule has 0 amide bonds. The van der Waals surface area contributed by atoms with Crippen LogP contribution < -0.4 is 5.32 Å². The predicted molar refractivity (Wildman–Crippen MR) is 118 cm³/mol. The number of piperidine rings is 1. The number of Topliss-reactive ketones (excluding diaryl/α,β-unsaturated/α-hetero) is 1. The van der Waals surface area contributed by atoms with Crippen LogP contribution in [0.5, 0.6) is 0 Å². The van der Waals surface area contributed by atoms with Gasteiger partial charge in [-0.3, -0.25) is 4.79 Å². The van der Waals surface area contributed by atoms with Crippen molar-refractivity contribution in [3.05, 3.63) is 47.2 Å². The SMILES string of the molecule is CC1(C)CC(=O)C2=C(C1)NC1=C(CN=N1)C21CCN(S(=O)(=O)c2cnc3cccnn23)CC1. The number of carbonyl (C=O) groups is 1. The lowest BCUT2D eigenvalue weighted by molar-refractivity contribution is -0.119. The Morgan fingerprint density at radius 1 is 1.15 bits per heavy atom. The number of allylic oxidation sites excluding steroid dienone is 2. The van der Waals surface area contributed by atoms with Crippen LogP contribution in [-0.2, 0) is 14.8 Å². The van der Waals surface area contributed by atoms with Crippen molar-refractivity contribution in [2.45, 2.75) is 44.6 Å². The van der Waals surface area contributed by atoms with Crippen molar-refractivity contribution < 1.29 is 13.2 Å². The molecule has 33 heavy (non-hydrogen) atoms. The number of rotatable bonds is 2. The van der Waals surface area contributed by atoms with Gasteiger partial charge in [0.15, 0.2) is 22.3 Å². The van der Waals surface area contributed by atoms with E-state index in [4.69, 9.17) is 0 Å². The van der Waals surface area contributed by atoms with Gasteiger partial charge in [-0.15, -0.1) is 5.11 Å². The summed E-state index contributed by atoms with van der Waals surface area (Å²) in [5.74, 6) is 0.885. The number of dihydropyridines is 1. The van der Waals surface area contributed by atoms with E-state index in [1.54, 1.807) is 18.3 Å². The van der Waals surface area contributed by atoms with Gasteiger partial charge in [0, 0.05) is 48.0 Å². The number of sulfonamides is 1. The second kappa shape index (κ2) is 6.80. The number of azo groups is 1. The van der Waals surface area contributed by atoms with Gasteiger partial charge in [0.25, 0.3) is 10.0 Å². The molecule has 4 aliphatic rings. The molecule has 0 radical (unpaired) electrons. The zero-order valence-corrected chi connectivity index (χ0v) is 19.4. The van der Waals surface area contributed by atoms with E-state index in [9.17, 15) is 13.2 Å². The molecule has 0 unspecified atom stereocenters. The fourth-order valence-electron chi connectivity index (χ4n) is 5.84. The summed E-state index contributed by atoms with van der Waals surface area (Å²) < 4.78 is 29.8. The standard InChI is InChI=1S/C22H25N7O3S/c1-21(2)10-15-19(16(30)11-21)22(14-12-24-27-20(14)26-15)5-8-28(9-6-22)33(31,32)18-13-23-17-4-3-7-25-29(17)18/h3-4,7,13,26H,5-6,8-12H2,1-2H3. The highest BCUT2D eigenvalue weighted by Crippen LogP contribution is 2.55. The third-order valence-corrected chi connectivity index (χ3v) is 9.16. The Balaban J connectivity index is 1.36. The first-order valence-electron chi connectivity index (χ1n) is 11.2. The van der Waals surface area contributed by atoms with Gasteiger partial charge in [-0.05, 0) is 36.8 Å². The molecule has 0 bridgehead atoms. The van der Waals surface area contributed by atoms with Crippen molar-refractivity contribution in [2.24, 2.45) is 21.1 Å². The Kier molecular flexibility index (Phi) is 4.26. The summed E-state index contributed by atoms with van der Waals surface area (Å²) in [6, 6.07) is 3.44. The number of nitrogens with zero attached hydrogens (tertiary/aromatic N) is 6. The second-order valence-corrected chi connectivity index (χ2v) is 11.9. The van der Waals surface area contributed by atoms with Crippen molar-refractivity contribution in [2.75, 3.05) is 19.6 Å². The van der Waals surface area contributed by atoms with Crippen LogP contribution in [0.25, 0.3) is 5.65 Å². The molecule has 0 saturated carbocycles. The molecule has 1 N–H and O–H groups in total.